The molecule has 0 spiro atoms. The summed E-state index contributed by atoms with van der Waals surface area (Å²) >= 11 is 0. The number of amides is 1. The lowest BCUT2D eigenvalue weighted by Gasteiger charge is -2.27. The van der Waals surface area contributed by atoms with Crippen LogP contribution in [0.15, 0.2) is 59.5 Å². The Morgan fingerprint density at radius 3 is 2.25 bits per heavy atom. The number of hydrogen-bond donors (Lipinski definition) is 1. The van der Waals surface area contributed by atoms with Crippen molar-refractivity contribution >= 4 is 22.9 Å². The molecule has 2 aromatic rings. The van der Waals surface area contributed by atoms with Crippen LogP contribution in [0, 0.1) is 0 Å². The molecule has 1 unspecified atom stereocenters. The summed E-state index contributed by atoms with van der Waals surface area (Å²) in [7, 11) is 1.36. The summed E-state index contributed by atoms with van der Waals surface area (Å²) in [5.74, 6) is 0.0863. The first-order valence-electron chi connectivity index (χ1n) is 8.60. The monoisotopic (exact) mass is 405 g/mol. The van der Waals surface area contributed by atoms with Gasteiger partial charge in [0.15, 0.2) is 0 Å². The highest BCUT2D eigenvalue weighted by Gasteiger charge is 2.31. The third-order valence-electron chi connectivity index (χ3n) is 4.19. The molecule has 2 atom stereocenters. The van der Waals surface area contributed by atoms with Gasteiger partial charge in [-0.2, -0.15) is 0 Å². The Bertz CT molecular complexity index is 809. The molecular formula is C20H23NO6S. The number of hydrogen-bond acceptors (Lipinski definition) is 5. The van der Waals surface area contributed by atoms with Crippen molar-refractivity contribution in [1.29, 1.82) is 0 Å². The molecule has 0 saturated carbocycles. The fourth-order valence-corrected chi connectivity index (χ4v) is 3.80. The minimum Gasteiger partial charge on any atom is -0.497 e. The molecule has 0 fully saturated rings. The first-order valence-corrected chi connectivity index (χ1v) is 9.92. The summed E-state index contributed by atoms with van der Waals surface area (Å²) in [6.45, 7) is 0.0328. The molecule has 0 aliphatic heterocycles. The summed E-state index contributed by atoms with van der Waals surface area (Å²) in [6.07, 6.45) is -1.17. The summed E-state index contributed by atoms with van der Waals surface area (Å²) in [4.78, 5) is 25.6. The van der Waals surface area contributed by atoms with Crippen LogP contribution < -0.4 is 4.74 Å². The van der Waals surface area contributed by atoms with Gasteiger partial charge in [-0.15, -0.1) is 0 Å². The van der Waals surface area contributed by atoms with Crippen LogP contribution in [-0.4, -0.2) is 52.3 Å². The van der Waals surface area contributed by atoms with E-state index >= 15 is 0 Å². The molecule has 0 bridgehead atoms. The number of carboxylic acid groups (broad SMARTS) is 1. The number of nitrogens with zero attached hydrogens (tertiary/aromatic N) is 1. The molecule has 28 heavy (non-hydrogen) atoms. The van der Waals surface area contributed by atoms with Crippen LogP contribution in [0.25, 0.3) is 0 Å². The average molecular weight is 405 g/mol. The molecule has 150 valence electrons. The Morgan fingerprint density at radius 2 is 1.71 bits per heavy atom. The topological polar surface area (TPSA) is 93.1 Å². The van der Waals surface area contributed by atoms with Crippen molar-refractivity contribution in [2.75, 3.05) is 20.0 Å². The third kappa shape index (κ3) is 5.82. The van der Waals surface area contributed by atoms with Gasteiger partial charge >= 0.3 is 12.1 Å². The maximum Gasteiger partial charge on any atom is 0.408 e. The van der Waals surface area contributed by atoms with E-state index < -0.39 is 28.9 Å². The van der Waals surface area contributed by atoms with E-state index in [0.717, 1.165) is 10.5 Å². The second-order valence-corrected chi connectivity index (χ2v) is 7.52. The number of carbonyl (C=O) groups excluding carboxylic acids is 1. The van der Waals surface area contributed by atoms with Crippen LogP contribution in [0.5, 0.6) is 5.75 Å². The highest BCUT2D eigenvalue weighted by molar-refractivity contribution is 7.85. The highest BCUT2D eigenvalue weighted by atomic mass is 32.2. The zero-order valence-corrected chi connectivity index (χ0v) is 16.6. The minimum atomic E-state index is -1.39. The molecule has 2 rings (SSSR count). The Kier molecular flexibility index (Phi) is 8.01. The average Bonchev–Trinajstić information content (AvgIpc) is 2.73. The van der Waals surface area contributed by atoms with E-state index in [0.29, 0.717) is 10.6 Å². The molecule has 0 aromatic heterocycles. The number of rotatable bonds is 9. The van der Waals surface area contributed by atoms with Crippen molar-refractivity contribution in [3.63, 3.8) is 0 Å². The molecule has 2 aromatic carbocycles. The fraction of sp³-hybridized carbons (Fsp3) is 0.300. The van der Waals surface area contributed by atoms with Gasteiger partial charge < -0.3 is 14.6 Å². The normalized spacial score (nSPS) is 12.6. The van der Waals surface area contributed by atoms with E-state index in [1.807, 2.05) is 6.07 Å². The van der Waals surface area contributed by atoms with Crippen molar-refractivity contribution in [2.24, 2.45) is 0 Å². The lowest BCUT2D eigenvalue weighted by molar-refractivity contribution is -0.146. The van der Waals surface area contributed by atoms with E-state index in [1.54, 1.807) is 55.6 Å². The van der Waals surface area contributed by atoms with Crippen LogP contribution >= 0.6 is 0 Å². The van der Waals surface area contributed by atoms with Crippen molar-refractivity contribution in [1.82, 2.24) is 4.90 Å². The SMILES string of the molecule is COC(=O)C(CC[S@](=O)c1ccc(OC)cc1)N(Cc1ccccc1)C(=O)O. The number of benzene rings is 2. The highest BCUT2D eigenvalue weighted by Crippen LogP contribution is 2.18. The molecule has 0 aliphatic carbocycles. The number of carbonyl (C=O) groups is 2. The summed E-state index contributed by atoms with van der Waals surface area (Å²) < 4.78 is 22.4. The van der Waals surface area contributed by atoms with E-state index in [1.165, 1.54) is 7.11 Å². The van der Waals surface area contributed by atoms with Gasteiger partial charge in [0, 0.05) is 17.2 Å². The van der Waals surface area contributed by atoms with E-state index in [4.69, 9.17) is 9.47 Å². The maximum absolute atomic E-state index is 12.6. The number of methoxy groups -OCH3 is 2. The summed E-state index contributed by atoms with van der Waals surface area (Å²) in [5.41, 5.74) is 0.745. The van der Waals surface area contributed by atoms with Gasteiger partial charge in [-0.05, 0) is 36.2 Å². The van der Waals surface area contributed by atoms with E-state index in [9.17, 15) is 18.9 Å². The molecular weight excluding hydrogens is 382 g/mol. The number of ether oxygens (including phenoxy) is 2. The zero-order valence-electron chi connectivity index (χ0n) is 15.7. The summed E-state index contributed by atoms with van der Waals surface area (Å²) in [5, 5.41) is 9.62. The largest absolute Gasteiger partial charge is 0.497 e. The first-order chi connectivity index (χ1) is 13.5. The molecule has 7 nitrogen and oxygen atoms in total. The third-order valence-corrected chi connectivity index (χ3v) is 5.59. The molecule has 0 radical (unpaired) electrons. The van der Waals surface area contributed by atoms with Crippen LogP contribution in [0.1, 0.15) is 12.0 Å². The van der Waals surface area contributed by atoms with E-state index in [2.05, 4.69) is 0 Å². The van der Waals surface area contributed by atoms with Crippen molar-refractivity contribution < 1.29 is 28.4 Å². The van der Waals surface area contributed by atoms with Crippen LogP contribution in [0.3, 0.4) is 0 Å². The van der Waals surface area contributed by atoms with Crippen molar-refractivity contribution in [3.8, 4) is 5.75 Å². The Balaban J connectivity index is 2.13. The predicted molar refractivity (Wildman–Crippen MR) is 105 cm³/mol. The second kappa shape index (κ2) is 10.5. The second-order valence-electron chi connectivity index (χ2n) is 5.95. The Hall–Kier alpha value is -2.87. The predicted octanol–water partition coefficient (Wildman–Crippen LogP) is 2.91. The smallest absolute Gasteiger partial charge is 0.408 e. The Labute approximate surface area is 166 Å². The molecule has 0 heterocycles. The number of esters is 1. The van der Waals surface area contributed by atoms with Crippen LogP contribution in [0.2, 0.25) is 0 Å². The van der Waals surface area contributed by atoms with Gasteiger partial charge in [0.05, 0.1) is 25.0 Å². The summed E-state index contributed by atoms with van der Waals surface area (Å²) in [6, 6.07) is 14.7. The standard InChI is InChI=1S/C20H23NO6S/c1-26-16-8-10-17(11-9-16)28(25)13-12-18(19(22)27-2)21(20(23)24)14-15-6-4-3-5-7-15/h3-11,18H,12-14H2,1-2H3,(H,23,24)/t18?,28-/m0/s1. The molecule has 8 heteroatoms. The molecule has 1 amide bonds. The van der Waals surface area contributed by atoms with E-state index in [-0.39, 0.29) is 18.7 Å². The van der Waals surface area contributed by atoms with Gasteiger partial charge in [0.1, 0.15) is 11.8 Å². The fourth-order valence-electron chi connectivity index (χ4n) is 2.69. The van der Waals surface area contributed by atoms with Gasteiger partial charge in [0.2, 0.25) is 0 Å². The molecule has 0 aliphatic rings. The lowest BCUT2D eigenvalue weighted by atomic mass is 10.1. The van der Waals surface area contributed by atoms with Crippen molar-refractivity contribution in [3.05, 3.63) is 60.2 Å². The van der Waals surface area contributed by atoms with Gasteiger partial charge in [0.25, 0.3) is 0 Å². The van der Waals surface area contributed by atoms with Gasteiger partial charge in [-0.25, -0.2) is 9.59 Å². The zero-order chi connectivity index (χ0) is 20.5. The maximum atomic E-state index is 12.6. The minimum absolute atomic E-state index is 0.0328. The van der Waals surface area contributed by atoms with Crippen LogP contribution in [0.4, 0.5) is 4.79 Å². The van der Waals surface area contributed by atoms with Crippen LogP contribution in [-0.2, 0) is 26.9 Å². The van der Waals surface area contributed by atoms with Gasteiger partial charge in [-0.3, -0.25) is 9.11 Å². The molecule has 1 N–H and O–H groups in total. The van der Waals surface area contributed by atoms with Gasteiger partial charge in [-0.1, -0.05) is 30.3 Å². The van der Waals surface area contributed by atoms with Crippen molar-refractivity contribution in [2.45, 2.75) is 23.9 Å². The Morgan fingerprint density at radius 1 is 1.07 bits per heavy atom. The first kappa shape index (κ1) is 21.4. The molecule has 0 saturated heterocycles. The lowest BCUT2D eigenvalue weighted by Crippen LogP contribution is -2.45. The quantitative estimate of drug-likeness (QED) is 0.645.